The molecule has 23 heavy (non-hydrogen) atoms. The Labute approximate surface area is 137 Å². The summed E-state index contributed by atoms with van der Waals surface area (Å²) in [5.41, 5.74) is 0.905. The van der Waals surface area contributed by atoms with E-state index in [4.69, 9.17) is 4.74 Å². The molecule has 0 saturated heterocycles. The van der Waals surface area contributed by atoms with Crippen molar-refractivity contribution in [2.24, 2.45) is 5.92 Å². The van der Waals surface area contributed by atoms with Crippen LogP contribution in [-0.2, 0) is 4.74 Å². The van der Waals surface area contributed by atoms with Crippen LogP contribution < -0.4 is 4.90 Å². The molecular formula is C16H25N3O4. The number of anilines is 1. The number of methoxy groups -OCH3 is 1. The van der Waals surface area contributed by atoms with Crippen LogP contribution in [0.15, 0.2) is 18.2 Å². The third-order valence-corrected chi connectivity index (χ3v) is 3.34. The minimum absolute atomic E-state index is 0.0878. The van der Waals surface area contributed by atoms with E-state index in [-0.39, 0.29) is 17.5 Å². The van der Waals surface area contributed by atoms with Crippen LogP contribution in [0, 0.1) is 16.0 Å². The summed E-state index contributed by atoms with van der Waals surface area (Å²) in [6, 6.07) is 4.36. The zero-order valence-electron chi connectivity index (χ0n) is 14.4. The number of nitro benzene ring substituents is 1. The number of carbonyl (C=O) groups is 1. The highest BCUT2D eigenvalue weighted by Crippen LogP contribution is 2.25. The molecule has 1 amide bonds. The quantitative estimate of drug-likeness (QED) is 0.542. The fourth-order valence-electron chi connectivity index (χ4n) is 2.29. The van der Waals surface area contributed by atoms with Gasteiger partial charge in [0.05, 0.1) is 17.1 Å². The van der Waals surface area contributed by atoms with Crippen molar-refractivity contribution in [3.05, 3.63) is 33.9 Å². The Morgan fingerprint density at radius 1 is 1.35 bits per heavy atom. The molecule has 0 atom stereocenters. The fraction of sp³-hybridized carbons (Fsp3) is 0.562. The first-order chi connectivity index (χ1) is 10.8. The molecule has 0 unspecified atom stereocenters. The smallest absolute Gasteiger partial charge is 0.270 e. The maximum Gasteiger partial charge on any atom is 0.270 e. The molecule has 7 nitrogen and oxygen atoms in total. The second-order valence-electron chi connectivity index (χ2n) is 5.99. The number of nitro groups is 1. The number of ether oxygens (including phenoxy) is 1. The Morgan fingerprint density at radius 3 is 2.48 bits per heavy atom. The lowest BCUT2D eigenvalue weighted by Crippen LogP contribution is -2.37. The van der Waals surface area contributed by atoms with Crippen molar-refractivity contribution in [3.63, 3.8) is 0 Å². The zero-order chi connectivity index (χ0) is 17.6. The molecule has 0 bridgehead atoms. The largest absolute Gasteiger partial charge is 0.383 e. The van der Waals surface area contributed by atoms with E-state index in [1.807, 2.05) is 13.8 Å². The molecule has 0 spiro atoms. The molecule has 0 heterocycles. The molecule has 0 aliphatic heterocycles. The van der Waals surface area contributed by atoms with Gasteiger partial charge in [0, 0.05) is 52.1 Å². The number of nitrogens with zero attached hydrogens (tertiary/aromatic N) is 3. The normalized spacial score (nSPS) is 10.7. The topological polar surface area (TPSA) is 75.9 Å². The Kier molecular flexibility index (Phi) is 6.96. The average Bonchev–Trinajstić information content (AvgIpc) is 2.49. The molecule has 0 N–H and O–H groups in total. The highest BCUT2D eigenvalue weighted by atomic mass is 16.6. The van der Waals surface area contributed by atoms with Crippen molar-refractivity contribution in [3.8, 4) is 0 Å². The van der Waals surface area contributed by atoms with Gasteiger partial charge < -0.3 is 14.5 Å². The number of amides is 1. The highest BCUT2D eigenvalue weighted by molar-refractivity contribution is 6.00. The summed E-state index contributed by atoms with van der Waals surface area (Å²) in [6.07, 6.45) is 0. The molecule has 0 aliphatic rings. The molecule has 1 aromatic rings. The molecule has 7 heteroatoms. The van der Waals surface area contributed by atoms with Gasteiger partial charge >= 0.3 is 0 Å². The van der Waals surface area contributed by atoms with E-state index in [2.05, 4.69) is 0 Å². The number of carbonyl (C=O) groups excluding carboxylic acids is 1. The SMILES string of the molecule is COCCN(CC(C)C)C(=O)c1cc([N+](=O)[O-])ccc1N(C)C. The lowest BCUT2D eigenvalue weighted by Gasteiger charge is -2.26. The molecule has 1 rings (SSSR count). The van der Waals surface area contributed by atoms with Crippen LogP contribution in [-0.4, -0.2) is 56.6 Å². The number of benzene rings is 1. The Morgan fingerprint density at radius 2 is 2.00 bits per heavy atom. The second-order valence-corrected chi connectivity index (χ2v) is 5.99. The maximum atomic E-state index is 12.9. The van der Waals surface area contributed by atoms with Crippen LogP contribution in [0.2, 0.25) is 0 Å². The lowest BCUT2D eigenvalue weighted by atomic mass is 10.1. The summed E-state index contributed by atoms with van der Waals surface area (Å²) < 4.78 is 5.07. The summed E-state index contributed by atoms with van der Waals surface area (Å²) in [5, 5.41) is 11.0. The number of hydrogen-bond donors (Lipinski definition) is 0. The van der Waals surface area contributed by atoms with Gasteiger partial charge in [0.1, 0.15) is 0 Å². The van der Waals surface area contributed by atoms with E-state index in [9.17, 15) is 14.9 Å². The van der Waals surface area contributed by atoms with Gasteiger partial charge in [-0.2, -0.15) is 0 Å². The third-order valence-electron chi connectivity index (χ3n) is 3.34. The van der Waals surface area contributed by atoms with Crippen molar-refractivity contribution in [1.29, 1.82) is 0 Å². The van der Waals surface area contributed by atoms with Crippen molar-refractivity contribution in [2.75, 3.05) is 45.8 Å². The van der Waals surface area contributed by atoms with Crippen LogP contribution in [0.1, 0.15) is 24.2 Å². The Bertz CT molecular complexity index is 558. The van der Waals surface area contributed by atoms with Crippen molar-refractivity contribution >= 4 is 17.3 Å². The minimum atomic E-state index is -0.488. The van der Waals surface area contributed by atoms with E-state index >= 15 is 0 Å². The van der Waals surface area contributed by atoms with Crippen LogP contribution >= 0.6 is 0 Å². The second kappa shape index (κ2) is 8.47. The van der Waals surface area contributed by atoms with Crippen LogP contribution in [0.5, 0.6) is 0 Å². The molecule has 0 radical (unpaired) electrons. The summed E-state index contributed by atoms with van der Waals surface area (Å²) in [5.74, 6) is 0.0699. The van der Waals surface area contributed by atoms with E-state index in [1.165, 1.54) is 12.1 Å². The first kappa shape index (κ1) is 18.9. The molecule has 0 aromatic heterocycles. The first-order valence-electron chi connectivity index (χ1n) is 7.51. The average molecular weight is 323 g/mol. The van der Waals surface area contributed by atoms with Crippen molar-refractivity contribution in [2.45, 2.75) is 13.8 Å². The van der Waals surface area contributed by atoms with Crippen LogP contribution in [0.3, 0.4) is 0 Å². The van der Waals surface area contributed by atoms with Gasteiger partial charge in [-0.25, -0.2) is 0 Å². The predicted octanol–water partition coefficient (Wildman–Crippen LogP) is 2.41. The summed E-state index contributed by atoms with van der Waals surface area (Å²) in [4.78, 5) is 26.9. The Hall–Kier alpha value is -2.15. The van der Waals surface area contributed by atoms with E-state index < -0.39 is 4.92 Å². The Balaban J connectivity index is 3.24. The molecule has 0 aliphatic carbocycles. The van der Waals surface area contributed by atoms with Gasteiger partial charge in [0.25, 0.3) is 11.6 Å². The standard InChI is InChI=1S/C16H25N3O4/c1-12(2)11-18(8-9-23-5)16(20)14-10-13(19(21)22)6-7-15(14)17(3)4/h6-7,10,12H,8-9,11H2,1-5H3. The van der Waals surface area contributed by atoms with Crippen LogP contribution in [0.4, 0.5) is 11.4 Å². The van der Waals surface area contributed by atoms with Gasteiger partial charge in [0.2, 0.25) is 0 Å². The van der Waals surface area contributed by atoms with Crippen molar-refractivity contribution < 1.29 is 14.5 Å². The molecule has 128 valence electrons. The van der Waals surface area contributed by atoms with E-state index in [0.29, 0.717) is 30.9 Å². The van der Waals surface area contributed by atoms with Gasteiger partial charge in [0.15, 0.2) is 0 Å². The number of rotatable bonds is 8. The van der Waals surface area contributed by atoms with Crippen molar-refractivity contribution in [1.82, 2.24) is 4.90 Å². The molecule has 0 saturated carbocycles. The summed E-state index contributed by atoms with van der Waals surface area (Å²) in [6.45, 7) is 5.48. The molecule has 0 fully saturated rings. The van der Waals surface area contributed by atoms with E-state index in [0.717, 1.165) is 0 Å². The summed E-state index contributed by atoms with van der Waals surface area (Å²) in [7, 11) is 5.19. The van der Waals surface area contributed by atoms with E-state index in [1.54, 1.807) is 37.1 Å². The van der Waals surface area contributed by atoms with Gasteiger partial charge in [-0.1, -0.05) is 13.8 Å². The van der Waals surface area contributed by atoms with Gasteiger partial charge in [-0.15, -0.1) is 0 Å². The van der Waals surface area contributed by atoms with Crippen LogP contribution in [0.25, 0.3) is 0 Å². The van der Waals surface area contributed by atoms with Gasteiger partial charge in [-0.3, -0.25) is 14.9 Å². The fourth-order valence-corrected chi connectivity index (χ4v) is 2.29. The molecule has 1 aromatic carbocycles. The lowest BCUT2D eigenvalue weighted by molar-refractivity contribution is -0.384. The third kappa shape index (κ3) is 5.21. The zero-order valence-corrected chi connectivity index (χ0v) is 14.4. The highest BCUT2D eigenvalue weighted by Gasteiger charge is 2.23. The first-order valence-corrected chi connectivity index (χ1v) is 7.51. The number of non-ortho nitro benzene ring substituents is 1. The molecular weight excluding hydrogens is 298 g/mol. The monoisotopic (exact) mass is 323 g/mol. The number of hydrogen-bond acceptors (Lipinski definition) is 5. The van der Waals surface area contributed by atoms with Gasteiger partial charge in [-0.05, 0) is 12.0 Å². The summed E-state index contributed by atoms with van der Waals surface area (Å²) >= 11 is 0. The predicted molar refractivity (Wildman–Crippen MR) is 90.0 cm³/mol. The maximum absolute atomic E-state index is 12.9. The minimum Gasteiger partial charge on any atom is -0.383 e.